The quantitative estimate of drug-likeness (QED) is 0.437. The van der Waals surface area contributed by atoms with Crippen molar-refractivity contribution in [1.29, 1.82) is 0 Å². The van der Waals surface area contributed by atoms with Gasteiger partial charge in [-0.15, -0.1) is 0 Å². The Morgan fingerprint density at radius 2 is 1.60 bits per heavy atom. The van der Waals surface area contributed by atoms with Gasteiger partial charge in [0, 0.05) is 36.1 Å². The Morgan fingerprint density at radius 3 is 2.11 bits per heavy atom. The predicted octanol–water partition coefficient (Wildman–Crippen LogP) is 5.25. The highest BCUT2D eigenvalue weighted by molar-refractivity contribution is 6.30. The maximum Gasteiger partial charge on any atom is 0.431 e. The van der Waals surface area contributed by atoms with Crippen LogP contribution < -0.4 is 0 Å². The molecular weight excluding hydrogens is 481 g/mol. The molecule has 1 heterocycles. The van der Waals surface area contributed by atoms with Gasteiger partial charge in [0.05, 0.1) is 13.2 Å². The van der Waals surface area contributed by atoms with Gasteiger partial charge in [-0.25, -0.2) is 0 Å². The summed E-state index contributed by atoms with van der Waals surface area (Å²) in [5.74, 6) is -0.655. The van der Waals surface area contributed by atoms with Gasteiger partial charge in [0.1, 0.15) is 11.4 Å². The maximum atomic E-state index is 14.4. The monoisotopic (exact) mass is 508 g/mol. The van der Waals surface area contributed by atoms with Gasteiger partial charge in [-0.3, -0.25) is 4.79 Å². The highest BCUT2D eigenvalue weighted by Gasteiger charge is 2.42. The van der Waals surface area contributed by atoms with Crippen LogP contribution in [-0.2, 0) is 12.7 Å². The maximum absolute atomic E-state index is 14.4. The Balaban J connectivity index is 2.29. The molecule has 0 saturated carbocycles. The molecule has 0 aliphatic carbocycles. The van der Waals surface area contributed by atoms with Crippen LogP contribution in [-0.4, -0.2) is 52.4 Å². The van der Waals surface area contributed by atoms with Gasteiger partial charge in [0.15, 0.2) is 0 Å². The van der Waals surface area contributed by atoms with Gasteiger partial charge < -0.3 is 19.7 Å². The Morgan fingerprint density at radius 1 is 1.03 bits per heavy atom. The molecule has 0 bridgehead atoms. The summed E-state index contributed by atoms with van der Waals surface area (Å²) >= 11 is 6.00. The fourth-order valence-corrected chi connectivity index (χ4v) is 4.33. The molecule has 35 heavy (non-hydrogen) atoms. The number of benzene rings is 2. The van der Waals surface area contributed by atoms with Crippen molar-refractivity contribution in [3.8, 4) is 11.1 Å². The van der Waals surface area contributed by atoms with Gasteiger partial charge in [-0.2, -0.15) is 13.2 Å². The third-order valence-electron chi connectivity index (χ3n) is 6.02. The number of hydrogen-bond acceptors (Lipinski definition) is 3. The Kier molecular flexibility index (Phi) is 7.99. The lowest BCUT2D eigenvalue weighted by molar-refractivity contribution is -0.143. The minimum atomic E-state index is -4.72. The summed E-state index contributed by atoms with van der Waals surface area (Å²) in [7, 11) is 1.44. The minimum absolute atomic E-state index is 0.0597. The SMILES string of the molecule is Cc1c(-c2ccc(Cl)cc2)c(C(=O)N(C)CC(C)(CO)CO)n(Cc2ccccc2)c1C(F)(F)F. The molecule has 0 atom stereocenters. The molecule has 0 radical (unpaired) electrons. The van der Waals surface area contributed by atoms with Crippen LogP contribution in [0.2, 0.25) is 5.02 Å². The lowest BCUT2D eigenvalue weighted by atomic mass is 9.92. The number of hydrogen-bond donors (Lipinski definition) is 2. The molecule has 188 valence electrons. The molecule has 1 aromatic heterocycles. The summed E-state index contributed by atoms with van der Waals surface area (Å²) in [6.45, 7) is 1.92. The average Bonchev–Trinajstić information content (AvgIpc) is 3.11. The first-order valence-electron chi connectivity index (χ1n) is 11.0. The van der Waals surface area contributed by atoms with Crippen LogP contribution in [0, 0.1) is 12.3 Å². The first-order chi connectivity index (χ1) is 16.4. The molecule has 0 spiro atoms. The highest BCUT2D eigenvalue weighted by atomic mass is 35.5. The second-order valence-electron chi connectivity index (χ2n) is 9.06. The molecular formula is C26H28ClF3N2O3. The van der Waals surface area contributed by atoms with Crippen molar-refractivity contribution in [3.05, 3.63) is 82.1 Å². The van der Waals surface area contributed by atoms with Crippen molar-refractivity contribution in [2.45, 2.75) is 26.6 Å². The summed E-state index contributed by atoms with van der Waals surface area (Å²) in [6, 6.07) is 14.9. The van der Waals surface area contributed by atoms with E-state index in [2.05, 4.69) is 0 Å². The summed E-state index contributed by atoms with van der Waals surface area (Å²) in [6.07, 6.45) is -4.72. The van der Waals surface area contributed by atoms with Crippen LogP contribution in [0.1, 0.15) is 34.2 Å². The molecule has 0 aliphatic heterocycles. The van der Waals surface area contributed by atoms with E-state index in [0.717, 1.165) is 4.57 Å². The molecule has 3 rings (SSSR count). The molecule has 0 fully saturated rings. The Hall–Kier alpha value is -2.81. The molecule has 3 aromatic rings. The Bertz CT molecular complexity index is 1170. The van der Waals surface area contributed by atoms with E-state index in [1.54, 1.807) is 61.5 Å². The third kappa shape index (κ3) is 5.72. The number of amides is 1. The van der Waals surface area contributed by atoms with E-state index in [1.807, 2.05) is 0 Å². The minimum Gasteiger partial charge on any atom is -0.396 e. The standard InChI is InChI=1S/C26H28ClF3N2O3/c1-17-21(19-9-11-20(27)12-10-19)22(24(35)31(3)14-25(2,15-33)16-34)32(23(17)26(28,29)30)13-18-7-5-4-6-8-18/h4-12,33-34H,13-16H2,1-3H3. The van der Waals surface area contributed by atoms with Crippen molar-refractivity contribution in [3.63, 3.8) is 0 Å². The van der Waals surface area contributed by atoms with Crippen molar-refractivity contribution < 1.29 is 28.2 Å². The van der Waals surface area contributed by atoms with Crippen molar-refractivity contribution >= 4 is 17.5 Å². The normalized spacial score (nSPS) is 12.1. The van der Waals surface area contributed by atoms with E-state index < -0.39 is 36.4 Å². The number of carbonyl (C=O) groups excluding carboxylic acids is 1. The molecule has 2 N–H and O–H groups in total. The van der Waals surface area contributed by atoms with Crippen molar-refractivity contribution in [1.82, 2.24) is 9.47 Å². The van der Waals surface area contributed by atoms with Crippen LogP contribution >= 0.6 is 11.6 Å². The molecule has 0 saturated heterocycles. The lowest BCUT2D eigenvalue weighted by Gasteiger charge is -2.31. The second kappa shape index (κ2) is 10.4. The highest BCUT2D eigenvalue weighted by Crippen LogP contribution is 2.42. The van der Waals surface area contributed by atoms with Gasteiger partial charge in [0.2, 0.25) is 0 Å². The van der Waals surface area contributed by atoms with Gasteiger partial charge >= 0.3 is 6.18 Å². The number of rotatable bonds is 8. The van der Waals surface area contributed by atoms with Gasteiger partial charge in [-0.05, 0) is 35.7 Å². The first-order valence-corrected chi connectivity index (χ1v) is 11.4. The fraction of sp³-hybridized carbons (Fsp3) is 0.346. The predicted molar refractivity (Wildman–Crippen MR) is 129 cm³/mol. The number of nitrogens with zero attached hydrogens (tertiary/aromatic N) is 2. The fourth-order valence-electron chi connectivity index (χ4n) is 4.20. The van der Waals surface area contributed by atoms with Crippen LogP contribution in [0.15, 0.2) is 54.6 Å². The topological polar surface area (TPSA) is 65.7 Å². The number of halogens is 4. The third-order valence-corrected chi connectivity index (χ3v) is 6.28. The molecule has 1 amide bonds. The zero-order valence-electron chi connectivity index (χ0n) is 19.7. The van der Waals surface area contributed by atoms with E-state index >= 15 is 0 Å². The van der Waals surface area contributed by atoms with Crippen LogP contribution in [0.3, 0.4) is 0 Å². The zero-order chi connectivity index (χ0) is 26.0. The lowest BCUT2D eigenvalue weighted by Crippen LogP contribution is -2.42. The summed E-state index contributed by atoms with van der Waals surface area (Å²) in [4.78, 5) is 15.0. The number of aliphatic hydroxyl groups excluding tert-OH is 2. The summed E-state index contributed by atoms with van der Waals surface area (Å²) in [5.41, 5.74) is -0.937. The van der Waals surface area contributed by atoms with E-state index in [0.29, 0.717) is 16.1 Å². The van der Waals surface area contributed by atoms with Gasteiger partial charge in [-0.1, -0.05) is 61.0 Å². The van der Waals surface area contributed by atoms with Crippen LogP contribution in [0.25, 0.3) is 11.1 Å². The molecule has 5 nitrogen and oxygen atoms in total. The average molecular weight is 509 g/mol. The number of alkyl halides is 3. The van der Waals surface area contributed by atoms with Crippen LogP contribution in [0.5, 0.6) is 0 Å². The van der Waals surface area contributed by atoms with Crippen molar-refractivity contribution in [2.24, 2.45) is 5.41 Å². The molecule has 0 unspecified atom stereocenters. The van der Waals surface area contributed by atoms with E-state index in [4.69, 9.17) is 11.6 Å². The molecule has 0 aliphatic rings. The zero-order valence-corrected chi connectivity index (χ0v) is 20.5. The molecule has 9 heteroatoms. The van der Waals surface area contributed by atoms with E-state index in [-0.39, 0.29) is 29.9 Å². The number of carbonyl (C=O) groups is 1. The largest absolute Gasteiger partial charge is 0.431 e. The van der Waals surface area contributed by atoms with E-state index in [1.165, 1.54) is 18.9 Å². The van der Waals surface area contributed by atoms with E-state index in [9.17, 15) is 28.2 Å². The molecule has 2 aromatic carbocycles. The van der Waals surface area contributed by atoms with Crippen LogP contribution in [0.4, 0.5) is 13.2 Å². The Labute approximate surface area is 207 Å². The van der Waals surface area contributed by atoms with Gasteiger partial charge in [0.25, 0.3) is 5.91 Å². The number of aliphatic hydroxyl groups is 2. The summed E-state index contributed by atoms with van der Waals surface area (Å²) < 4.78 is 44.2. The smallest absolute Gasteiger partial charge is 0.396 e. The number of aromatic nitrogens is 1. The first kappa shape index (κ1) is 26.8. The van der Waals surface area contributed by atoms with Crippen molar-refractivity contribution in [2.75, 3.05) is 26.8 Å². The summed E-state index contributed by atoms with van der Waals surface area (Å²) in [5, 5.41) is 19.8. The second-order valence-corrected chi connectivity index (χ2v) is 9.50.